The molecule has 5 nitrogen and oxygen atoms in total. The molecule has 0 aromatic heterocycles. The highest BCUT2D eigenvalue weighted by molar-refractivity contribution is 7.78. The van der Waals surface area contributed by atoms with Crippen LogP contribution in [0.1, 0.15) is 15.9 Å². The minimum Gasteiger partial charge on any atom is -0.508 e. The predicted octanol–water partition coefficient (Wildman–Crippen LogP) is 0.812. The summed E-state index contributed by atoms with van der Waals surface area (Å²) in [6.07, 6.45) is 0. The number of hydrogen-bond donors (Lipinski definition) is 3. The molecule has 0 saturated heterocycles. The van der Waals surface area contributed by atoms with Crippen LogP contribution in [0.15, 0.2) is 18.2 Å². The van der Waals surface area contributed by atoms with Gasteiger partial charge in [0.25, 0.3) is 0 Å². The van der Waals surface area contributed by atoms with Gasteiger partial charge >= 0.3 is 5.97 Å². The summed E-state index contributed by atoms with van der Waals surface area (Å²) in [6, 6.07) is 3.63. The summed E-state index contributed by atoms with van der Waals surface area (Å²) in [6.45, 7) is 0. The van der Waals surface area contributed by atoms with Crippen LogP contribution < -0.4 is 0 Å². The normalized spacial score (nSPS) is 12.4. The van der Waals surface area contributed by atoms with Crippen LogP contribution in [0.3, 0.4) is 0 Å². The Kier molecular flexibility index (Phi) is 3.21. The molecule has 0 heterocycles. The zero-order chi connectivity index (χ0) is 10.7. The van der Waals surface area contributed by atoms with Crippen molar-refractivity contribution in [3.05, 3.63) is 29.3 Å². The van der Waals surface area contributed by atoms with Gasteiger partial charge < -0.3 is 14.8 Å². The first-order valence-electron chi connectivity index (χ1n) is 3.63. The zero-order valence-corrected chi connectivity index (χ0v) is 7.82. The molecule has 1 atom stereocenters. The van der Waals surface area contributed by atoms with Crippen LogP contribution >= 0.6 is 0 Å². The fourth-order valence-electron chi connectivity index (χ4n) is 1.02. The molecule has 0 fully saturated rings. The fraction of sp³-hybridized carbons (Fsp3) is 0.125. The van der Waals surface area contributed by atoms with Gasteiger partial charge in [-0.05, 0) is 17.7 Å². The fourth-order valence-corrected chi connectivity index (χ4v) is 1.54. The molecule has 0 aliphatic heterocycles. The van der Waals surface area contributed by atoms with Crippen LogP contribution in [-0.2, 0) is 16.8 Å². The number of phenolic OH excluding ortho intramolecular Hbond substituents is 1. The van der Waals surface area contributed by atoms with Gasteiger partial charge in [0.2, 0.25) is 0 Å². The minimum absolute atomic E-state index is 0.160. The maximum atomic E-state index is 10.7. The molecule has 0 aliphatic carbocycles. The van der Waals surface area contributed by atoms with Crippen LogP contribution in [0.5, 0.6) is 5.75 Å². The van der Waals surface area contributed by atoms with E-state index in [2.05, 4.69) is 0 Å². The molecule has 0 radical (unpaired) electrons. The number of carbonyl (C=O) groups is 1. The molecule has 76 valence electrons. The second-order valence-corrected chi connectivity index (χ2v) is 3.54. The van der Waals surface area contributed by atoms with Crippen LogP contribution in [0, 0.1) is 0 Å². The van der Waals surface area contributed by atoms with Gasteiger partial charge in [-0.2, -0.15) is 0 Å². The van der Waals surface area contributed by atoms with E-state index in [1.165, 1.54) is 12.1 Å². The first-order chi connectivity index (χ1) is 6.50. The number of aromatic hydroxyl groups is 1. The van der Waals surface area contributed by atoms with Crippen molar-refractivity contribution in [3.63, 3.8) is 0 Å². The lowest BCUT2D eigenvalue weighted by atomic mass is 10.1. The molecule has 0 aliphatic rings. The summed E-state index contributed by atoms with van der Waals surface area (Å²) in [5.41, 5.74) is 0.0588. The topological polar surface area (TPSA) is 94.8 Å². The molecule has 1 unspecified atom stereocenters. The zero-order valence-electron chi connectivity index (χ0n) is 7.01. The van der Waals surface area contributed by atoms with E-state index in [-0.39, 0.29) is 22.6 Å². The molecule has 0 saturated carbocycles. The first-order valence-corrected chi connectivity index (χ1v) is 4.91. The second kappa shape index (κ2) is 4.21. The van der Waals surface area contributed by atoms with E-state index in [0.29, 0.717) is 0 Å². The Morgan fingerprint density at radius 1 is 1.43 bits per heavy atom. The summed E-state index contributed by atoms with van der Waals surface area (Å²) in [4.78, 5) is 10.7. The average molecular weight is 216 g/mol. The number of carboxylic acid groups (broad SMARTS) is 1. The number of carboxylic acids is 1. The molecule has 1 rings (SSSR count). The van der Waals surface area contributed by atoms with Crippen LogP contribution in [0.2, 0.25) is 0 Å². The third kappa shape index (κ3) is 2.54. The predicted molar refractivity (Wildman–Crippen MR) is 49.5 cm³/mol. The third-order valence-corrected chi connectivity index (χ3v) is 2.16. The lowest BCUT2D eigenvalue weighted by Gasteiger charge is -2.03. The Morgan fingerprint density at radius 3 is 2.57 bits per heavy atom. The molecule has 1 aromatic carbocycles. The quantitative estimate of drug-likeness (QED) is 0.650. The molecular formula is C8H8O5S. The van der Waals surface area contributed by atoms with Crippen molar-refractivity contribution >= 4 is 17.0 Å². The van der Waals surface area contributed by atoms with E-state index < -0.39 is 17.0 Å². The van der Waals surface area contributed by atoms with Gasteiger partial charge in [0, 0.05) is 0 Å². The minimum atomic E-state index is -2.09. The Labute approximate surface area is 82.3 Å². The molecular weight excluding hydrogens is 208 g/mol. The van der Waals surface area contributed by atoms with E-state index in [9.17, 15) is 9.00 Å². The highest BCUT2D eigenvalue weighted by atomic mass is 32.2. The van der Waals surface area contributed by atoms with E-state index in [1.807, 2.05) is 0 Å². The first kappa shape index (κ1) is 10.7. The van der Waals surface area contributed by atoms with Crippen molar-refractivity contribution < 1.29 is 23.8 Å². The number of aromatic carboxylic acids is 1. The number of benzene rings is 1. The largest absolute Gasteiger partial charge is 0.508 e. The van der Waals surface area contributed by atoms with Crippen LogP contribution in [-0.4, -0.2) is 24.9 Å². The highest BCUT2D eigenvalue weighted by Crippen LogP contribution is 2.17. The Balaban J connectivity index is 3.14. The summed E-state index contributed by atoms with van der Waals surface area (Å²) in [7, 11) is 0. The monoisotopic (exact) mass is 216 g/mol. The molecule has 14 heavy (non-hydrogen) atoms. The van der Waals surface area contributed by atoms with Gasteiger partial charge in [-0.1, -0.05) is 6.07 Å². The summed E-state index contributed by atoms with van der Waals surface area (Å²) >= 11 is -2.09. The van der Waals surface area contributed by atoms with E-state index in [1.54, 1.807) is 0 Å². The number of rotatable bonds is 3. The maximum Gasteiger partial charge on any atom is 0.336 e. The van der Waals surface area contributed by atoms with Gasteiger partial charge in [-0.15, -0.1) is 0 Å². The van der Waals surface area contributed by atoms with Crippen molar-refractivity contribution in [1.82, 2.24) is 0 Å². The van der Waals surface area contributed by atoms with Gasteiger partial charge in [-0.3, -0.25) is 0 Å². The SMILES string of the molecule is O=C(O)c1cc(O)ccc1CS(=O)O. The Hall–Kier alpha value is -1.40. The Bertz CT molecular complexity index is 387. The van der Waals surface area contributed by atoms with Gasteiger partial charge in [-0.25, -0.2) is 9.00 Å². The molecule has 1 aromatic rings. The summed E-state index contributed by atoms with van der Waals surface area (Å²) in [5, 5.41) is 17.7. The second-order valence-electron chi connectivity index (χ2n) is 2.61. The molecule has 0 spiro atoms. The summed E-state index contributed by atoms with van der Waals surface area (Å²) in [5.74, 6) is -1.68. The van der Waals surface area contributed by atoms with Crippen molar-refractivity contribution in [3.8, 4) is 5.75 Å². The van der Waals surface area contributed by atoms with Crippen molar-refractivity contribution in [2.45, 2.75) is 5.75 Å². The molecule has 6 heteroatoms. The average Bonchev–Trinajstić information content (AvgIpc) is 2.07. The van der Waals surface area contributed by atoms with E-state index in [0.717, 1.165) is 6.07 Å². The van der Waals surface area contributed by atoms with E-state index in [4.69, 9.17) is 14.8 Å². The van der Waals surface area contributed by atoms with Gasteiger partial charge in [0.1, 0.15) is 5.75 Å². The van der Waals surface area contributed by atoms with Crippen molar-refractivity contribution in [2.75, 3.05) is 0 Å². The maximum absolute atomic E-state index is 10.7. The number of hydrogen-bond acceptors (Lipinski definition) is 3. The standard InChI is InChI=1S/C8H8O5S/c9-6-2-1-5(4-14(12)13)7(3-6)8(10)11/h1-3,9H,4H2,(H,10,11)(H,12,13). The lowest BCUT2D eigenvalue weighted by Crippen LogP contribution is -2.04. The summed E-state index contributed by atoms with van der Waals surface area (Å²) < 4.78 is 19.1. The highest BCUT2D eigenvalue weighted by Gasteiger charge is 2.12. The van der Waals surface area contributed by atoms with E-state index >= 15 is 0 Å². The molecule has 0 bridgehead atoms. The smallest absolute Gasteiger partial charge is 0.336 e. The van der Waals surface area contributed by atoms with Crippen LogP contribution in [0.4, 0.5) is 0 Å². The van der Waals surface area contributed by atoms with Crippen molar-refractivity contribution in [1.29, 1.82) is 0 Å². The van der Waals surface area contributed by atoms with Crippen LogP contribution in [0.25, 0.3) is 0 Å². The number of phenols is 1. The molecule has 0 amide bonds. The third-order valence-electron chi connectivity index (χ3n) is 1.60. The van der Waals surface area contributed by atoms with Gasteiger partial charge in [0.05, 0.1) is 11.3 Å². The lowest BCUT2D eigenvalue weighted by molar-refractivity contribution is 0.0695. The van der Waals surface area contributed by atoms with Gasteiger partial charge in [0.15, 0.2) is 11.1 Å². The Morgan fingerprint density at radius 2 is 2.07 bits per heavy atom. The molecule has 3 N–H and O–H groups in total. The van der Waals surface area contributed by atoms with Crippen molar-refractivity contribution in [2.24, 2.45) is 0 Å².